The van der Waals surface area contributed by atoms with Crippen molar-refractivity contribution in [1.29, 1.82) is 0 Å². The second-order valence-electron chi connectivity index (χ2n) is 7.04. The summed E-state index contributed by atoms with van der Waals surface area (Å²) in [7, 11) is 1.44. The number of hydrogen-bond acceptors (Lipinski definition) is 7. The van der Waals surface area contributed by atoms with Gasteiger partial charge in [0.25, 0.3) is 11.5 Å². The summed E-state index contributed by atoms with van der Waals surface area (Å²) >= 11 is 7.12. The Labute approximate surface area is 203 Å². The minimum atomic E-state index is -0.378. The highest BCUT2D eigenvalue weighted by Gasteiger charge is 2.14. The van der Waals surface area contributed by atoms with Crippen LogP contribution >= 0.6 is 23.4 Å². The molecule has 0 aliphatic carbocycles. The Kier molecular flexibility index (Phi) is 7.15. The maximum atomic E-state index is 13.2. The Morgan fingerprint density at radius 3 is 2.74 bits per heavy atom. The van der Waals surface area contributed by atoms with E-state index in [-0.39, 0.29) is 23.0 Å². The zero-order valence-corrected chi connectivity index (χ0v) is 19.5. The third-order valence-electron chi connectivity index (χ3n) is 4.77. The number of nitrogens with zero attached hydrogens (tertiary/aromatic N) is 3. The van der Waals surface area contributed by atoms with Crippen LogP contribution in [0.4, 0.5) is 0 Å². The quantitative estimate of drug-likeness (QED) is 0.174. The largest absolute Gasteiger partial charge is 0.504 e. The van der Waals surface area contributed by atoms with Crippen molar-refractivity contribution in [1.82, 2.24) is 15.0 Å². The van der Waals surface area contributed by atoms with E-state index in [4.69, 9.17) is 16.3 Å². The van der Waals surface area contributed by atoms with Gasteiger partial charge in [-0.25, -0.2) is 10.4 Å². The number of hydrogen-bond donors (Lipinski definition) is 2. The smallest absolute Gasteiger partial charge is 0.266 e. The summed E-state index contributed by atoms with van der Waals surface area (Å²) in [5.41, 5.74) is 3.97. The van der Waals surface area contributed by atoms with Crippen molar-refractivity contribution >= 4 is 46.4 Å². The normalized spacial score (nSPS) is 11.1. The molecular weight excluding hydrogens is 476 g/mol. The predicted octanol–water partition coefficient (Wildman–Crippen LogP) is 4.00. The lowest BCUT2D eigenvalue weighted by atomic mass is 10.2. The molecule has 0 aliphatic rings. The van der Waals surface area contributed by atoms with Crippen LogP contribution in [0.1, 0.15) is 5.56 Å². The molecule has 1 amide bonds. The molecule has 0 saturated heterocycles. The van der Waals surface area contributed by atoms with E-state index in [0.717, 1.165) is 11.8 Å². The van der Waals surface area contributed by atoms with Gasteiger partial charge in [-0.2, -0.15) is 5.10 Å². The van der Waals surface area contributed by atoms with Crippen molar-refractivity contribution < 1.29 is 14.6 Å². The number of nitrogens with one attached hydrogen (secondary N) is 1. The first-order valence-corrected chi connectivity index (χ1v) is 11.4. The first-order valence-electron chi connectivity index (χ1n) is 10.1. The van der Waals surface area contributed by atoms with Gasteiger partial charge in [0.1, 0.15) is 0 Å². The summed E-state index contributed by atoms with van der Waals surface area (Å²) in [6.45, 7) is 0. The highest BCUT2D eigenvalue weighted by atomic mass is 35.5. The van der Waals surface area contributed by atoms with E-state index in [2.05, 4.69) is 15.5 Å². The SMILES string of the molecule is COc1cc(C=NNC(=O)CSc2nc3ccccc3c(=O)n2-c2ccc(Cl)cc2)ccc1O. The number of halogens is 1. The number of benzene rings is 3. The van der Waals surface area contributed by atoms with E-state index in [9.17, 15) is 14.7 Å². The number of fused-ring (bicyclic) bond motifs is 1. The summed E-state index contributed by atoms with van der Waals surface area (Å²) < 4.78 is 6.51. The van der Waals surface area contributed by atoms with Crippen molar-refractivity contribution in [2.24, 2.45) is 5.10 Å². The molecular formula is C24H19ClN4O4S. The summed E-state index contributed by atoms with van der Waals surface area (Å²) in [5, 5.41) is 15.0. The molecule has 8 nitrogen and oxygen atoms in total. The molecule has 0 fully saturated rings. The van der Waals surface area contributed by atoms with E-state index in [0.29, 0.717) is 38.1 Å². The molecule has 0 spiro atoms. The van der Waals surface area contributed by atoms with Crippen molar-refractivity contribution in [3.63, 3.8) is 0 Å². The monoisotopic (exact) mass is 494 g/mol. The molecule has 172 valence electrons. The summed E-state index contributed by atoms with van der Waals surface area (Å²) in [5.74, 6) is -0.0885. The molecule has 0 atom stereocenters. The lowest BCUT2D eigenvalue weighted by molar-refractivity contribution is -0.118. The number of carbonyl (C=O) groups excluding carboxylic acids is 1. The number of thioether (sulfide) groups is 1. The third kappa shape index (κ3) is 5.22. The van der Waals surface area contributed by atoms with Crippen LogP contribution in [0.2, 0.25) is 5.02 Å². The van der Waals surface area contributed by atoms with Crippen LogP contribution in [-0.4, -0.2) is 39.6 Å². The molecule has 10 heteroatoms. The van der Waals surface area contributed by atoms with Gasteiger partial charge in [0.15, 0.2) is 16.7 Å². The number of rotatable bonds is 7. The standard InChI is InChI=1S/C24H19ClN4O4S/c1-33-21-12-15(6-11-20(21)30)13-26-28-22(31)14-34-24-27-19-5-3-2-4-18(19)23(32)29(24)17-9-7-16(25)8-10-17/h2-13,30H,14H2,1H3,(H,28,31). The molecule has 0 radical (unpaired) electrons. The van der Waals surface area contributed by atoms with Crippen LogP contribution in [0.25, 0.3) is 16.6 Å². The molecule has 3 aromatic carbocycles. The van der Waals surface area contributed by atoms with Gasteiger partial charge >= 0.3 is 0 Å². The zero-order chi connectivity index (χ0) is 24.1. The molecule has 0 saturated carbocycles. The number of para-hydroxylation sites is 1. The van der Waals surface area contributed by atoms with Crippen molar-refractivity contribution in [3.8, 4) is 17.2 Å². The average Bonchev–Trinajstić information content (AvgIpc) is 2.84. The predicted molar refractivity (Wildman–Crippen MR) is 133 cm³/mol. The van der Waals surface area contributed by atoms with Gasteiger partial charge in [-0.1, -0.05) is 35.5 Å². The van der Waals surface area contributed by atoms with E-state index >= 15 is 0 Å². The van der Waals surface area contributed by atoms with Crippen LogP contribution in [0.15, 0.2) is 81.8 Å². The van der Waals surface area contributed by atoms with E-state index in [1.165, 1.54) is 24.0 Å². The lowest BCUT2D eigenvalue weighted by Gasteiger charge is -2.13. The molecule has 4 aromatic rings. The Morgan fingerprint density at radius 1 is 1.21 bits per heavy atom. The Balaban J connectivity index is 1.53. The Morgan fingerprint density at radius 2 is 1.97 bits per heavy atom. The van der Waals surface area contributed by atoms with Gasteiger partial charge in [-0.15, -0.1) is 0 Å². The minimum absolute atomic E-state index is 0.00899. The number of aromatic hydroxyl groups is 1. The number of phenols is 1. The van der Waals surface area contributed by atoms with Crippen molar-refractivity contribution in [3.05, 3.63) is 87.7 Å². The summed E-state index contributed by atoms with van der Waals surface area (Å²) in [6, 6.07) is 18.6. The van der Waals surface area contributed by atoms with Gasteiger partial charge in [0, 0.05) is 5.02 Å². The van der Waals surface area contributed by atoms with Crippen LogP contribution < -0.4 is 15.7 Å². The highest BCUT2D eigenvalue weighted by molar-refractivity contribution is 7.99. The van der Waals surface area contributed by atoms with Gasteiger partial charge in [-0.3, -0.25) is 14.2 Å². The van der Waals surface area contributed by atoms with Gasteiger partial charge < -0.3 is 9.84 Å². The number of ether oxygens (including phenoxy) is 1. The van der Waals surface area contributed by atoms with Crippen LogP contribution in [-0.2, 0) is 4.79 Å². The lowest BCUT2D eigenvalue weighted by Crippen LogP contribution is -2.24. The summed E-state index contributed by atoms with van der Waals surface area (Å²) in [6.07, 6.45) is 1.43. The maximum Gasteiger partial charge on any atom is 0.266 e. The fourth-order valence-electron chi connectivity index (χ4n) is 3.14. The number of hydrazone groups is 1. The fourth-order valence-corrected chi connectivity index (χ4v) is 4.07. The van der Waals surface area contributed by atoms with Crippen LogP contribution in [0.3, 0.4) is 0 Å². The fraction of sp³-hybridized carbons (Fsp3) is 0.0833. The first kappa shape index (κ1) is 23.3. The molecule has 34 heavy (non-hydrogen) atoms. The van der Waals surface area contributed by atoms with E-state index in [1.54, 1.807) is 60.7 Å². The second kappa shape index (κ2) is 10.4. The molecule has 0 aliphatic heterocycles. The molecule has 0 unspecified atom stereocenters. The highest BCUT2D eigenvalue weighted by Crippen LogP contribution is 2.25. The van der Waals surface area contributed by atoms with Gasteiger partial charge in [0.2, 0.25) is 0 Å². The number of phenolic OH excluding ortho intramolecular Hbond substituents is 1. The van der Waals surface area contributed by atoms with E-state index < -0.39 is 0 Å². The molecule has 0 bridgehead atoms. The van der Waals surface area contributed by atoms with Gasteiger partial charge in [0.05, 0.1) is 35.7 Å². The second-order valence-corrected chi connectivity index (χ2v) is 8.42. The third-order valence-corrected chi connectivity index (χ3v) is 5.96. The summed E-state index contributed by atoms with van der Waals surface area (Å²) in [4.78, 5) is 30.2. The Bertz CT molecular complexity index is 1440. The molecule has 1 aromatic heterocycles. The topological polar surface area (TPSA) is 106 Å². The average molecular weight is 495 g/mol. The minimum Gasteiger partial charge on any atom is -0.504 e. The van der Waals surface area contributed by atoms with Crippen LogP contribution in [0, 0.1) is 0 Å². The van der Waals surface area contributed by atoms with Crippen molar-refractivity contribution in [2.45, 2.75) is 5.16 Å². The first-order chi connectivity index (χ1) is 16.5. The van der Waals surface area contributed by atoms with E-state index in [1.807, 2.05) is 0 Å². The number of methoxy groups -OCH3 is 1. The zero-order valence-electron chi connectivity index (χ0n) is 17.9. The van der Waals surface area contributed by atoms with Crippen molar-refractivity contribution in [2.75, 3.05) is 12.9 Å². The number of amides is 1. The number of carbonyl (C=O) groups is 1. The molecule has 1 heterocycles. The molecule has 4 rings (SSSR count). The maximum absolute atomic E-state index is 13.2. The molecule has 2 N–H and O–H groups in total. The van der Waals surface area contributed by atoms with Gasteiger partial charge in [-0.05, 0) is 60.2 Å². The number of aromatic nitrogens is 2. The Hall–Kier alpha value is -3.82. The van der Waals surface area contributed by atoms with Crippen LogP contribution in [0.5, 0.6) is 11.5 Å².